The summed E-state index contributed by atoms with van der Waals surface area (Å²) in [5.41, 5.74) is 1.20. The number of likely N-dealkylation sites (N-methyl/N-ethyl adjacent to an activating group) is 1. The van der Waals surface area contributed by atoms with Gasteiger partial charge in [0.15, 0.2) is 0 Å². The average molecular weight is 265 g/mol. The van der Waals surface area contributed by atoms with E-state index in [2.05, 4.69) is 39.1 Å². The van der Waals surface area contributed by atoms with Crippen molar-refractivity contribution in [2.24, 2.45) is 5.92 Å². The quantitative estimate of drug-likeness (QED) is 0.819. The smallest absolute Gasteiger partial charge is 0.122 e. The molecule has 1 N–H and O–H groups in total. The summed E-state index contributed by atoms with van der Waals surface area (Å²) in [5.74, 6) is 2.73. The van der Waals surface area contributed by atoms with Gasteiger partial charge in [-0.3, -0.25) is 0 Å². The molecule has 1 aromatic rings. The molecule has 0 heterocycles. The molecule has 2 atom stereocenters. The second-order valence-corrected chi connectivity index (χ2v) is 5.22. The van der Waals surface area contributed by atoms with Gasteiger partial charge in [-0.05, 0) is 30.7 Å². The maximum Gasteiger partial charge on any atom is 0.122 e. The Morgan fingerprint density at radius 3 is 2.26 bits per heavy atom. The summed E-state index contributed by atoms with van der Waals surface area (Å²) in [6.45, 7) is 9.85. The van der Waals surface area contributed by atoms with Gasteiger partial charge < -0.3 is 14.8 Å². The maximum absolute atomic E-state index is 5.49. The lowest BCUT2D eigenvalue weighted by atomic mass is 9.86. The van der Waals surface area contributed by atoms with Crippen LogP contribution in [0.2, 0.25) is 0 Å². The first-order valence-corrected chi connectivity index (χ1v) is 7.00. The maximum atomic E-state index is 5.49. The van der Waals surface area contributed by atoms with Crippen LogP contribution in [0.5, 0.6) is 11.5 Å². The highest BCUT2D eigenvalue weighted by atomic mass is 16.5. The molecule has 0 saturated heterocycles. The molecule has 0 saturated carbocycles. The highest BCUT2D eigenvalue weighted by Gasteiger charge is 2.24. The zero-order chi connectivity index (χ0) is 14.4. The first kappa shape index (κ1) is 15.8. The molecule has 0 amide bonds. The van der Waals surface area contributed by atoms with Gasteiger partial charge in [0.1, 0.15) is 11.5 Å². The van der Waals surface area contributed by atoms with E-state index in [1.807, 2.05) is 12.1 Å². The molecule has 3 nitrogen and oxygen atoms in total. The van der Waals surface area contributed by atoms with E-state index in [9.17, 15) is 0 Å². The van der Waals surface area contributed by atoms with Crippen molar-refractivity contribution in [1.82, 2.24) is 5.32 Å². The fraction of sp³-hybridized carbons (Fsp3) is 0.625. The van der Waals surface area contributed by atoms with Crippen LogP contribution in [0.1, 0.15) is 39.2 Å². The molecular formula is C16H27NO2. The molecule has 3 heteroatoms. The van der Waals surface area contributed by atoms with Crippen LogP contribution in [0.25, 0.3) is 0 Å². The van der Waals surface area contributed by atoms with Crippen LogP contribution in [0.15, 0.2) is 18.2 Å². The van der Waals surface area contributed by atoms with Gasteiger partial charge in [-0.15, -0.1) is 0 Å². The largest absolute Gasteiger partial charge is 0.497 e. The normalized spacial score (nSPS) is 14.3. The lowest BCUT2D eigenvalue weighted by Gasteiger charge is -2.29. The fourth-order valence-corrected chi connectivity index (χ4v) is 2.61. The predicted octanol–water partition coefficient (Wildman–Crippen LogP) is 3.44. The zero-order valence-corrected chi connectivity index (χ0v) is 13.0. The molecule has 1 aromatic carbocycles. The number of hydrogen-bond donors (Lipinski definition) is 1. The van der Waals surface area contributed by atoms with Crippen molar-refractivity contribution >= 4 is 0 Å². The first-order chi connectivity index (χ1) is 9.04. The van der Waals surface area contributed by atoms with Crippen molar-refractivity contribution < 1.29 is 9.47 Å². The number of methoxy groups -OCH3 is 2. The Labute approximate surface area is 117 Å². The van der Waals surface area contributed by atoms with Crippen molar-refractivity contribution in [3.63, 3.8) is 0 Å². The molecule has 0 aromatic heterocycles. The van der Waals surface area contributed by atoms with E-state index in [-0.39, 0.29) is 0 Å². The van der Waals surface area contributed by atoms with E-state index < -0.39 is 0 Å². The van der Waals surface area contributed by atoms with Crippen LogP contribution < -0.4 is 14.8 Å². The van der Waals surface area contributed by atoms with Crippen LogP contribution >= 0.6 is 0 Å². The van der Waals surface area contributed by atoms with Crippen LogP contribution in [-0.2, 0) is 0 Å². The van der Waals surface area contributed by atoms with E-state index in [4.69, 9.17) is 9.47 Å². The van der Waals surface area contributed by atoms with Crippen molar-refractivity contribution in [2.45, 2.75) is 39.7 Å². The molecular weight excluding hydrogens is 238 g/mol. The van der Waals surface area contributed by atoms with Gasteiger partial charge >= 0.3 is 0 Å². The van der Waals surface area contributed by atoms with Crippen molar-refractivity contribution in [1.29, 1.82) is 0 Å². The number of benzene rings is 1. The number of hydrogen-bond acceptors (Lipinski definition) is 3. The van der Waals surface area contributed by atoms with Crippen LogP contribution in [0, 0.1) is 5.92 Å². The minimum atomic E-state index is 0.366. The molecule has 0 bridgehead atoms. The third-order valence-corrected chi connectivity index (χ3v) is 3.62. The monoisotopic (exact) mass is 265 g/mol. The Bertz CT molecular complexity index is 390. The summed E-state index contributed by atoms with van der Waals surface area (Å²) >= 11 is 0. The van der Waals surface area contributed by atoms with E-state index in [0.717, 1.165) is 18.0 Å². The van der Waals surface area contributed by atoms with Gasteiger partial charge in [-0.2, -0.15) is 0 Å². The summed E-state index contributed by atoms with van der Waals surface area (Å²) in [5, 5.41) is 3.57. The van der Waals surface area contributed by atoms with Crippen LogP contribution in [0.3, 0.4) is 0 Å². The fourth-order valence-electron chi connectivity index (χ4n) is 2.61. The average Bonchev–Trinajstić information content (AvgIpc) is 2.42. The third kappa shape index (κ3) is 3.87. The van der Waals surface area contributed by atoms with Gasteiger partial charge in [0.25, 0.3) is 0 Å². The number of rotatable bonds is 7. The topological polar surface area (TPSA) is 30.5 Å². The molecule has 1 rings (SSSR count). The summed E-state index contributed by atoms with van der Waals surface area (Å²) in [6, 6.07) is 6.42. The Hall–Kier alpha value is -1.22. The third-order valence-electron chi connectivity index (χ3n) is 3.62. The summed E-state index contributed by atoms with van der Waals surface area (Å²) in [4.78, 5) is 0. The Morgan fingerprint density at radius 2 is 1.79 bits per heavy atom. The SMILES string of the molecule is CCNC(C(C)C)C(C)c1cc(OC)ccc1OC. The van der Waals surface area contributed by atoms with Crippen molar-refractivity contribution in [3.05, 3.63) is 23.8 Å². The van der Waals surface area contributed by atoms with Crippen molar-refractivity contribution in [3.8, 4) is 11.5 Å². The van der Waals surface area contributed by atoms with E-state index in [0.29, 0.717) is 17.9 Å². The number of ether oxygens (including phenoxy) is 2. The van der Waals surface area contributed by atoms with Gasteiger partial charge in [-0.25, -0.2) is 0 Å². The van der Waals surface area contributed by atoms with Gasteiger partial charge in [0, 0.05) is 17.5 Å². The Balaban J connectivity index is 3.10. The molecule has 0 radical (unpaired) electrons. The summed E-state index contributed by atoms with van der Waals surface area (Å²) < 4.78 is 10.8. The zero-order valence-electron chi connectivity index (χ0n) is 13.0. The highest BCUT2D eigenvalue weighted by molar-refractivity contribution is 5.43. The summed E-state index contributed by atoms with van der Waals surface area (Å²) in [6.07, 6.45) is 0. The molecule has 0 aliphatic rings. The second kappa shape index (κ2) is 7.39. The lowest BCUT2D eigenvalue weighted by Crippen LogP contribution is -2.38. The Morgan fingerprint density at radius 1 is 1.11 bits per heavy atom. The van der Waals surface area contributed by atoms with E-state index in [1.165, 1.54) is 5.56 Å². The molecule has 19 heavy (non-hydrogen) atoms. The van der Waals surface area contributed by atoms with Crippen LogP contribution in [-0.4, -0.2) is 26.8 Å². The minimum absolute atomic E-state index is 0.366. The van der Waals surface area contributed by atoms with Gasteiger partial charge in [-0.1, -0.05) is 27.7 Å². The minimum Gasteiger partial charge on any atom is -0.497 e. The first-order valence-electron chi connectivity index (χ1n) is 7.00. The highest BCUT2D eigenvalue weighted by Crippen LogP contribution is 2.34. The Kier molecular flexibility index (Phi) is 6.16. The van der Waals surface area contributed by atoms with E-state index in [1.54, 1.807) is 14.2 Å². The lowest BCUT2D eigenvalue weighted by molar-refractivity contribution is 0.344. The second-order valence-electron chi connectivity index (χ2n) is 5.22. The number of nitrogens with one attached hydrogen (secondary N) is 1. The molecule has 0 spiro atoms. The van der Waals surface area contributed by atoms with Crippen molar-refractivity contribution in [2.75, 3.05) is 20.8 Å². The molecule has 0 fully saturated rings. The standard InChI is InChI=1S/C16H27NO2/c1-7-17-16(11(2)3)12(4)14-10-13(18-5)8-9-15(14)19-6/h8-12,16-17H,7H2,1-6H3. The summed E-state index contributed by atoms with van der Waals surface area (Å²) in [7, 11) is 3.41. The molecule has 108 valence electrons. The molecule has 0 aliphatic carbocycles. The molecule has 2 unspecified atom stereocenters. The van der Waals surface area contributed by atoms with Crippen LogP contribution in [0.4, 0.5) is 0 Å². The van der Waals surface area contributed by atoms with Gasteiger partial charge in [0.2, 0.25) is 0 Å². The molecule has 0 aliphatic heterocycles. The van der Waals surface area contributed by atoms with E-state index >= 15 is 0 Å². The predicted molar refractivity (Wildman–Crippen MR) is 80.3 cm³/mol. The van der Waals surface area contributed by atoms with Gasteiger partial charge in [0.05, 0.1) is 14.2 Å².